The predicted octanol–water partition coefficient (Wildman–Crippen LogP) is 2.19. The van der Waals surface area contributed by atoms with Gasteiger partial charge in [0.2, 0.25) is 5.95 Å². The monoisotopic (exact) mass is 333 g/mol. The Morgan fingerprint density at radius 3 is 2.57 bits per heavy atom. The number of carbonyl (C=O) groups excluding carboxylic acids is 2. The zero-order valence-corrected chi connectivity index (χ0v) is 13.7. The van der Waals surface area contributed by atoms with Crippen molar-refractivity contribution in [3.8, 4) is 0 Å². The molecule has 1 heterocycles. The standard InChI is InChI=1S/C15H16ClN5O2/c1-17-15-18-8-10(16)13(20-15)19-11-7-5-4-6-9(11)12(22)14(23)21(2)3/h4-8H,1-3H3,(H2,17,18,19,20). The molecule has 0 saturated heterocycles. The number of halogens is 1. The molecule has 0 fully saturated rings. The molecule has 7 nitrogen and oxygen atoms in total. The van der Waals surface area contributed by atoms with Gasteiger partial charge in [-0.2, -0.15) is 4.98 Å². The normalized spacial score (nSPS) is 10.1. The van der Waals surface area contributed by atoms with Crippen molar-refractivity contribution in [2.45, 2.75) is 0 Å². The second-order valence-electron chi connectivity index (χ2n) is 4.84. The van der Waals surface area contributed by atoms with Crippen molar-refractivity contribution >= 4 is 40.7 Å². The molecule has 2 N–H and O–H groups in total. The third kappa shape index (κ3) is 3.75. The Labute approximate surface area is 138 Å². The molecule has 0 unspecified atom stereocenters. The Kier molecular flexibility index (Phi) is 5.13. The van der Waals surface area contributed by atoms with Crippen molar-refractivity contribution in [1.82, 2.24) is 14.9 Å². The molecule has 1 aromatic carbocycles. The number of Topliss-reactive ketones (excluding diaryl/α,β-unsaturated/α-hetero) is 1. The fourth-order valence-electron chi connectivity index (χ4n) is 1.81. The molecule has 0 bridgehead atoms. The SMILES string of the molecule is CNc1ncc(Cl)c(Nc2ccccc2C(=O)C(=O)N(C)C)n1. The minimum absolute atomic E-state index is 0.242. The van der Waals surface area contributed by atoms with Crippen LogP contribution in [0.2, 0.25) is 5.02 Å². The maximum Gasteiger partial charge on any atom is 0.294 e. The van der Waals surface area contributed by atoms with Gasteiger partial charge in [0, 0.05) is 21.1 Å². The molecule has 0 saturated carbocycles. The van der Waals surface area contributed by atoms with Crippen LogP contribution in [0.3, 0.4) is 0 Å². The molecule has 0 aliphatic carbocycles. The molecule has 1 amide bonds. The van der Waals surface area contributed by atoms with Gasteiger partial charge in [-0.1, -0.05) is 23.7 Å². The van der Waals surface area contributed by atoms with E-state index in [1.807, 2.05) is 0 Å². The summed E-state index contributed by atoms with van der Waals surface area (Å²) in [5, 5.41) is 6.07. The zero-order chi connectivity index (χ0) is 17.0. The molecule has 120 valence electrons. The van der Waals surface area contributed by atoms with Gasteiger partial charge in [0.15, 0.2) is 5.82 Å². The fraction of sp³-hybridized carbons (Fsp3) is 0.200. The van der Waals surface area contributed by atoms with E-state index in [4.69, 9.17) is 11.6 Å². The lowest BCUT2D eigenvalue weighted by Crippen LogP contribution is -2.30. The van der Waals surface area contributed by atoms with Crippen molar-refractivity contribution in [1.29, 1.82) is 0 Å². The van der Waals surface area contributed by atoms with Gasteiger partial charge in [-0.25, -0.2) is 4.98 Å². The van der Waals surface area contributed by atoms with E-state index in [0.717, 1.165) is 0 Å². The molecular formula is C15H16ClN5O2. The summed E-state index contributed by atoms with van der Waals surface area (Å²) < 4.78 is 0. The van der Waals surface area contributed by atoms with E-state index in [1.165, 1.54) is 25.2 Å². The third-order valence-electron chi connectivity index (χ3n) is 2.99. The minimum atomic E-state index is -0.614. The van der Waals surface area contributed by atoms with Gasteiger partial charge in [0.05, 0.1) is 17.4 Å². The first kappa shape index (κ1) is 16.7. The summed E-state index contributed by atoms with van der Waals surface area (Å²) in [7, 11) is 4.73. The van der Waals surface area contributed by atoms with E-state index in [9.17, 15) is 9.59 Å². The van der Waals surface area contributed by atoms with Gasteiger partial charge in [-0.15, -0.1) is 0 Å². The van der Waals surface area contributed by atoms with Crippen LogP contribution in [-0.2, 0) is 4.79 Å². The van der Waals surface area contributed by atoms with Crippen LogP contribution < -0.4 is 10.6 Å². The van der Waals surface area contributed by atoms with Crippen molar-refractivity contribution in [2.75, 3.05) is 31.8 Å². The first-order chi connectivity index (χ1) is 10.9. The summed E-state index contributed by atoms with van der Waals surface area (Å²) in [5.74, 6) is -0.505. The lowest BCUT2D eigenvalue weighted by atomic mass is 10.1. The van der Waals surface area contributed by atoms with Crippen LogP contribution in [0.4, 0.5) is 17.5 Å². The summed E-state index contributed by atoms with van der Waals surface area (Å²) in [6.45, 7) is 0. The Morgan fingerprint density at radius 2 is 1.91 bits per heavy atom. The molecule has 2 rings (SSSR count). The van der Waals surface area contributed by atoms with Gasteiger partial charge in [-0.05, 0) is 12.1 Å². The van der Waals surface area contributed by atoms with Crippen LogP contribution in [0, 0.1) is 0 Å². The Morgan fingerprint density at radius 1 is 1.22 bits per heavy atom. The number of amides is 1. The first-order valence-electron chi connectivity index (χ1n) is 6.76. The number of nitrogens with zero attached hydrogens (tertiary/aromatic N) is 3. The zero-order valence-electron chi connectivity index (χ0n) is 12.9. The van der Waals surface area contributed by atoms with Crippen LogP contribution in [0.5, 0.6) is 0 Å². The summed E-state index contributed by atoms with van der Waals surface area (Å²) in [4.78, 5) is 33.6. The predicted molar refractivity (Wildman–Crippen MR) is 89.3 cm³/mol. The minimum Gasteiger partial charge on any atom is -0.357 e. The molecule has 23 heavy (non-hydrogen) atoms. The molecule has 0 spiro atoms. The second kappa shape index (κ2) is 7.06. The molecule has 0 aliphatic rings. The summed E-state index contributed by atoms with van der Waals surface area (Å²) in [6.07, 6.45) is 1.44. The van der Waals surface area contributed by atoms with Crippen LogP contribution in [0.15, 0.2) is 30.5 Å². The van der Waals surface area contributed by atoms with E-state index in [-0.39, 0.29) is 5.56 Å². The number of anilines is 3. The fourth-order valence-corrected chi connectivity index (χ4v) is 1.95. The number of benzene rings is 1. The molecule has 0 atom stereocenters. The second-order valence-corrected chi connectivity index (χ2v) is 5.25. The van der Waals surface area contributed by atoms with Gasteiger partial charge >= 0.3 is 0 Å². The number of rotatable bonds is 5. The largest absolute Gasteiger partial charge is 0.357 e. The number of aromatic nitrogens is 2. The average Bonchev–Trinajstić information content (AvgIpc) is 2.56. The summed E-state index contributed by atoms with van der Waals surface area (Å²) >= 11 is 6.07. The van der Waals surface area contributed by atoms with Crippen molar-refractivity contribution in [2.24, 2.45) is 0 Å². The topological polar surface area (TPSA) is 87.2 Å². The molecule has 0 radical (unpaired) electrons. The number of hydrogen-bond donors (Lipinski definition) is 2. The van der Waals surface area contributed by atoms with Crippen molar-refractivity contribution in [3.63, 3.8) is 0 Å². The van der Waals surface area contributed by atoms with Gasteiger partial charge < -0.3 is 15.5 Å². The smallest absolute Gasteiger partial charge is 0.294 e. The van der Waals surface area contributed by atoms with Gasteiger partial charge in [-0.3, -0.25) is 9.59 Å². The van der Waals surface area contributed by atoms with Crippen LogP contribution in [0.1, 0.15) is 10.4 Å². The van der Waals surface area contributed by atoms with Crippen LogP contribution >= 0.6 is 11.6 Å². The quantitative estimate of drug-likeness (QED) is 0.644. The summed E-state index contributed by atoms with van der Waals surface area (Å²) in [6, 6.07) is 6.67. The number of nitrogens with one attached hydrogen (secondary N) is 2. The highest BCUT2D eigenvalue weighted by Gasteiger charge is 2.21. The highest BCUT2D eigenvalue weighted by molar-refractivity contribution is 6.43. The number of hydrogen-bond acceptors (Lipinski definition) is 6. The molecule has 2 aromatic rings. The van der Waals surface area contributed by atoms with Crippen molar-refractivity contribution < 1.29 is 9.59 Å². The highest BCUT2D eigenvalue weighted by Crippen LogP contribution is 2.26. The molecular weight excluding hydrogens is 318 g/mol. The number of likely N-dealkylation sites (N-methyl/N-ethyl adjacent to an activating group) is 1. The van der Waals surface area contributed by atoms with Crippen LogP contribution in [-0.4, -0.2) is 47.7 Å². The Balaban J connectivity index is 2.38. The van der Waals surface area contributed by atoms with Gasteiger partial charge in [0.25, 0.3) is 11.7 Å². The summed E-state index contributed by atoms with van der Waals surface area (Å²) in [5.41, 5.74) is 0.683. The average molecular weight is 334 g/mol. The maximum atomic E-state index is 12.3. The van der Waals surface area contributed by atoms with Crippen LogP contribution in [0.25, 0.3) is 0 Å². The lowest BCUT2D eigenvalue weighted by molar-refractivity contribution is -0.124. The van der Waals surface area contributed by atoms with E-state index < -0.39 is 11.7 Å². The van der Waals surface area contributed by atoms with Gasteiger partial charge in [0.1, 0.15) is 5.02 Å². The molecule has 8 heteroatoms. The highest BCUT2D eigenvalue weighted by atomic mass is 35.5. The van der Waals surface area contributed by atoms with E-state index in [1.54, 1.807) is 31.3 Å². The Hall–Kier alpha value is -2.67. The number of para-hydroxylation sites is 1. The Bertz CT molecular complexity index is 748. The molecule has 1 aromatic heterocycles. The van der Waals surface area contributed by atoms with E-state index in [2.05, 4.69) is 20.6 Å². The molecule has 0 aliphatic heterocycles. The van der Waals surface area contributed by atoms with Crippen molar-refractivity contribution in [3.05, 3.63) is 41.0 Å². The lowest BCUT2D eigenvalue weighted by Gasteiger charge is -2.14. The number of carbonyl (C=O) groups is 2. The third-order valence-corrected chi connectivity index (χ3v) is 3.27. The first-order valence-corrected chi connectivity index (χ1v) is 7.14. The number of ketones is 1. The van der Waals surface area contributed by atoms with E-state index >= 15 is 0 Å². The maximum absolute atomic E-state index is 12.3. The van der Waals surface area contributed by atoms with E-state index in [0.29, 0.717) is 22.5 Å².